The average Bonchev–Trinajstić information content (AvgIpc) is 3.09. The van der Waals surface area contributed by atoms with E-state index in [1.54, 1.807) is 6.20 Å². The van der Waals surface area contributed by atoms with Crippen LogP contribution in [0.1, 0.15) is 19.5 Å². The van der Waals surface area contributed by atoms with Gasteiger partial charge in [-0.3, -0.25) is 9.88 Å². The molecule has 4 rings (SSSR count). The van der Waals surface area contributed by atoms with Crippen LogP contribution in [-0.2, 0) is 6.54 Å². The second kappa shape index (κ2) is 6.19. The first-order valence-electron chi connectivity index (χ1n) is 8.42. The number of nitrogens with zero attached hydrogens (tertiary/aromatic N) is 4. The van der Waals surface area contributed by atoms with Crippen LogP contribution < -0.4 is 0 Å². The van der Waals surface area contributed by atoms with Gasteiger partial charge in [-0.1, -0.05) is 31.5 Å². The Morgan fingerprint density at radius 1 is 1.12 bits per heavy atom. The molecule has 24 heavy (non-hydrogen) atoms. The summed E-state index contributed by atoms with van der Waals surface area (Å²) in [5.41, 5.74) is 3.98. The summed E-state index contributed by atoms with van der Waals surface area (Å²) in [6.07, 6.45) is 3.77. The molecule has 3 aromatic rings. The first kappa shape index (κ1) is 15.6. The van der Waals surface area contributed by atoms with Gasteiger partial charge in [-0.05, 0) is 36.1 Å². The minimum absolute atomic E-state index is 0.645. The monoisotopic (exact) mass is 340 g/mol. The van der Waals surface area contributed by atoms with Gasteiger partial charge in [-0.2, -0.15) is 0 Å². The predicted molar refractivity (Wildman–Crippen MR) is 97.0 cm³/mol. The maximum Gasteiger partial charge on any atom is 0.137 e. The fourth-order valence-corrected chi connectivity index (χ4v) is 3.62. The molecule has 1 fully saturated rings. The minimum Gasteiger partial charge on any atom is -0.302 e. The van der Waals surface area contributed by atoms with Gasteiger partial charge < -0.3 is 4.40 Å². The molecule has 2 atom stereocenters. The van der Waals surface area contributed by atoms with E-state index in [0.29, 0.717) is 5.02 Å². The molecule has 1 saturated heterocycles. The fraction of sp³-hybridized carbons (Fsp3) is 0.368. The van der Waals surface area contributed by atoms with Crippen molar-refractivity contribution in [3.8, 4) is 11.4 Å². The third kappa shape index (κ3) is 2.80. The highest BCUT2D eigenvalue weighted by molar-refractivity contribution is 6.30. The van der Waals surface area contributed by atoms with Crippen LogP contribution in [-0.4, -0.2) is 32.4 Å². The Bertz CT molecular complexity index is 845. The normalized spacial score (nSPS) is 21.6. The molecule has 0 saturated carbocycles. The van der Waals surface area contributed by atoms with Crippen molar-refractivity contribution in [1.82, 2.24) is 19.3 Å². The Hall–Kier alpha value is -1.91. The van der Waals surface area contributed by atoms with E-state index in [9.17, 15) is 0 Å². The SMILES string of the molecule is CC1CN(Cc2c(-c3ccc(Cl)cn3)nc3ccccn23)CC1C. The fourth-order valence-electron chi connectivity index (χ4n) is 3.51. The zero-order valence-electron chi connectivity index (χ0n) is 14.0. The van der Waals surface area contributed by atoms with Gasteiger partial charge in [0.2, 0.25) is 0 Å². The van der Waals surface area contributed by atoms with Crippen LogP contribution in [0.25, 0.3) is 17.0 Å². The Morgan fingerprint density at radius 3 is 2.62 bits per heavy atom. The van der Waals surface area contributed by atoms with Crippen LogP contribution >= 0.6 is 11.6 Å². The predicted octanol–water partition coefficient (Wildman–Crippen LogP) is 4.14. The van der Waals surface area contributed by atoms with E-state index in [-0.39, 0.29) is 0 Å². The second-order valence-corrected chi connectivity index (χ2v) is 7.28. The summed E-state index contributed by atoms with van der Waals surface area (Å²) >= 11 is 5.99. The average molecular weight is 341 g/mol. The molecule has 4 heterocycles. The van der Waals surface area contributed by atoms with Crippen LogP contribution in [0.5, 0.6) is 0 Å². The molecule has 0 spiro atoms. The summed E-state index contributed by atoms with van der Waals surface area (Å²) in [4.78, 5) is 11.8. The zero-order valence-corrected chi connectivity index (χ0v) is 14.7. The Balaban J connectivity index is 1.77. The van der Waals surface area contributed by atoms with E-state index in [4.69, 9.17) is 16.6 Å². The van der Waals surface area contributed by atoms with Crippen molar-refractivity contribution in [2.75, 3.05) is 13.1 Å². The van der Waals surface area contributed by atoms with Crippen LogP contribution in [0.15, 0.2) is 42.7 Å². The largest absolute Gasteiger partial charge is 0.302 e. The number of hydrogen-bond donors (Lipinski definition) is 0. The number of likely N-dealkylation sites (tertiary alicyclic amines) is 1. The van der Waals surface area contributed by atoms with Crippen molar-refractivity contribution in [3.63, 3.8) is 0 Å². The number of pyridine rings is 2. The molecule has 0 aliphatic carbocycles. The van der Waals surface area contributed by atoms with Gasteiger partial charge in [0.05, 0.1) is 16.4 Å². The Labute approximate surface area is 147 Å². The van der Waals surface area contributed by atoms with Crippen LogP contribution in [0.3, 0.4) is 0 Å². The van der Waals surface area contributed by atoms with Crippen molar-refractivity contribution in [1.29, 1.82) is 0 Å². The Morgan fingerprint density at radius 2 is 1.92 bits per heavy atom. The maximum absolute atomic E-state index is 5.99. The van der Waals surface area contributed by atoms with Gasteiger partial charge >= 0.3 is 0 Å². The highest BCUT2D eigenvalue weighted by Crippen LogP contribution is 2.28. The van der Waals surface area contributed by atoms with E-state index in [1.807, 2.05) is 30.3 Å². The molecule has 0 N–H and O–H groups in total. The molecule has 0 amide bonds. The zero-order chi connectivity index (χ0) is 16.7. The quantitative estimate of drug-likeness (QED) is 0.718. The lowest BCUT2D eigenvalue weighted by Crippen LogP contribution is -2.21. The first-order valence-corrected chi connectivity index (χ1v) is 8.80. The molecule has 0 aromatic carbocycles. The Kier molecular flexibility index (Phi) is 4.02. The van der Waals surface area contributed by atoms with E-state index in [2.05, 4.69) is 34.3 Å². The third-order valence-corrected chi connectivity index (χ3v) is 5.26. The van der Waals surface area contributed by atoms with Gasteiger partial charge in [-0.15, -0.1) is 0 Å². The molecule has 5 heteroatoms. The number of fused-ring (bicyclic) bond motifs is 1. The minimum atomic E-state index is 0.645. The molecular formula is C19H21ClN4. The molecule has 0 radical (unpaired) electrons. The number of aromatic nitrogens is 3. The van der Waals surface area contributed by atoms with E-state index < -0.39 is 0 Å². The van der Waals surface area contributed by atoms with Gasteiger partial charge in [0.1, 0.15) is 11.3 Å². The number of hydrogen-bond acceptors (Lipinski definition) is 3. The smallest absolute Gasteiger partial charge is 0.137 e. The summed E-state index contributed by atoms with van der Waals surface area (Å²) in [5, 5.41) is 0.645. The summed E-state index contributed by atoms with van der Waals surface area (Å²) in [6, 6.07) is 9.93. The first-order chi connectivity index (χ1) is 11.6. The van der Waals surface area contributed by atoms with Gasteiger partial charge in [-0.25, -0.2) is 4.98 Å². The highest BCUT2D eigenvalue weighted by Gasteiger charge is 2.27. The van der Waals surface area contributed by atoms with Gasteiger partial charge in [0, 0.05) is 32.0 Å². The molecule has 124 valence electrons. The third-order valence-electron chi connectivity index (χ3n) is 5.04. The van der Waals surface area contributed by atoms with Crippen molar-refractivity contribution in [2.45, 2.75) is 20.4 Å². The summed E-state index contributed by atoms with van der Waals surface area (Å²) in [7, 11) is 0. The molecule has 1 aliphatic heterocycles. The molecule has 1 aliphatic rings. The van der Waals surface area contributed by atoms with Crippen molar-refractivity contribution in [2.24, 2.45) is 11.8 Å². The van der Waals surface area contributed by atoms with Gasteiger partial charge in [0.25, 0.3) is 0 Å². The molecular weight excluding hydrogens is 320 g/mol. The standard InChI is InChI=1S/C19H21ClN4/c1-13-10-23(11-14(13)2)12-17-19(16-7-6-15(20)9-21-16)22-18-5-3-4-8-24(17)18/h3-9,13-14H,10-12H2,1-2H3. The van der Waals surface area contributed by atoms with Crippen LogP contribution in [0, 0.1) is 11.8 Å². The number of halogens is 1. The lowest BCUT2D eigenvalue weighted by atomic mass is 10.0. The number of imidazole rings is 1. The topological polar surface area (TPSA) is 33.4 Å². The van der Waals surface area contributed by atoms with E-state index in [1.165, 1.54) is 5.69 Å². The lowest BCUT2D eigenvalue weighted by Gasteiger charge is -2.16. The molecule has 3 aromatic heterocycles. The van der Waals surface area contributed by atoms with Crippen molar-refractivity contribution >= 4 is 17.2 Å². The van der Waals surface area contributed by atoms with E-state index >= 15 is 0 Å². The van der Waals surface area contributed by atoms with Gasteiger partial charge in [0.15, 0.2) is 0 Å². The second-order valence-electron chi connectivity index (χ2n) is 6.85. The van der Waals surface area contributed by atoms with E-state index in [0.717, 1.165) is 48.5 Å². The highest BCUT2D eigenvalue weighted by atomic mass is 35.5. The molecule has 2 unspecified atom stereocenters. The van der Waals surface area contributed by atoms with Crippen LogP contribution in [0.4, 0.5) is 0 Å². The summed E-state index contributed by atoms with van der Waals surface area (Å²) in [5.74, 6) is 1.47. The molecule has 4 nitrogen and oxygen atoms in total. The summed E-state index contributed by atoms with van der Waals surface area (Å²) in [6.45, 7) is 7.82. The maximum atomic E-state index is 5.99. The van der Waals surface area contributed by atoms with Crippen LogP contribution in [0.2, 0.25) is 5.02 Å². The number of rotatable bonds is 3. The summed E-state index contributed by atoms with van der Waals surface area (Å²) < 4.78 is 2.18. The van der Waals surface area contributed by atoms with Crippen molar-refractivity contribution < 1.29 is 0 Å². The lowest BCUT2D eigenvalue weighted by molar-refractivity contribution is 0.312. The van der Waals surface area contributed by atoms with Crippen molar-refractivity contribution in [3.05, 3.63) is 53.4 Å². The molecule has 0 bridgehead atoms.